The highest BCUT2D eigenvalue weighted by atomic mass is 16.3. The highest BCUT2D eigenvalue weighted by Crippen LogP contribution is 2.14. The third-order valence-electron chi connectivity index (χ3n) is 2.45. The van der Waals surface area contributed by atoms with E-state index in [9.17, 15) is 9.90 Å². The lowest BCUT2D eigenvalue weighted by Crippen LogP contribution is -2.14. The van der Waals surface area contributed by atoms with Gasteiger partial charge in [-0.05, 0) is 35.9 Å². The number of aromatic hydroxyl groups is 1. The average Bonchev–Trinajstić information content (AvgIpc) is 2.28. The Labute approximate surface area is 105 Å². The minimum atomic E-state index is -0.147. The molecule has 0 fully saturated rings. The summed E-state index contributed by atoms with van der Waals surface area (Å²) in [5.41, 5.74) is 7.65. The van der Waals surface area contributed by atoms with Crippen LogP contribution in [0.25, 0.3) is 0 Å². The molecule has 0 heterocycles. The number of hydrogen-bond acceptors (Lipinski definition) is 3. The number of nitrogens with one attached hydrogen (secondary N) is 1. The van der Waals surface area contributed by atoms with Crippen LogP contribution in [0.2, 0.25) is 0 Å². The van der Waals surface area contributed by atoms with Crippen molar-refractivity contribution in [3.63, 3.8) is 0 Å². The van der Waals surface area contributed by atoms with Gasteiger partial charge in [0.15, 0.2) is 0 Å². The molecule has 2 aromatic carbocycles. The summed E-state index contributed by atoms with van der Waals surface area (Å²) in [5.74, 6) is 0.00968. The fourth-order valence-electron chi connectivity index (χ4n) is 1.67. The first kappa shape index (κ1) is 12.0. The number of rotatable bonds is 3. The Hall–Kier alpha value is -2.49. The van der Waals surface area contributed by atoms with E-state index in [-0.39, 0.29) is 18.1 Å². The smallest absolute Gasteiger partial charge is 0.228 e. The number of phenols is 1. The summed E-state index contributed by atoms with van der Waals surface area (Å²) in [4.78, 5) is 11.8. The number of phenolic OH excluding ortho intramolecular Hbond substituents is 1. The van der Waals surface area contributed by atoms with E-state index < -0.39 is 0 Å². The monoisotopic (exact) mass is 242 g/mol. The Kier molecular flexibility index (Phi) is 3.48. The summed E-state index contributed by atoms with van der Waals surface area (Å²) < 4.78 is 0. The highest BCUT2D eigenvalue weighted by Gasteiger charge is 2.04. The number of carbonyl (C=O) groups is 1. The first-order valence-corrected chi connectivity index (χ1v) is 5.57. The van der Waals surface area contributed by atoms with Crippen molar-refractivity contribution in [3.05, 3.63) is 54.1 Å². The van der Waals surface area contributed by atoms with Crippen LogP contribution in [0, 0.1) is 0 Å². The minimum Gasteiger partial charge on any atom is -0.508 e. The molecule has 0 aliphatic carbocycles. The predicted molar refractivity (Wildman–Crippen MR) is 71.3 cm³/mol. The van der Waals surface area contributed by atoms with Crippen LogP contribution in [0.5, 0.6) is 5.75 Å². The summed E-state index contributed by atoms with van der Waals surface area (Å²) in [6.07, 6.45) is 0.212. The summed E-state index contributed by atoms with van der Waals surface area (Å²) in [7, 11) is 0. The van der Waals surface area contributed by atoms with Crippen molar-refractivity contribution in [1.82, 2.24) is 0 Å². The molecule has 4 nitrogen and oxygen atoms in total. The second-order valence-corrected chi connectivity index (χ2v) is 4.02. The molecule has 0 unspecified atom stereocenters. The number of amides is 1. The van der Waals surface area contributed by atoms with Crippen LogP contribution in [-0.2, 0) is 11.2 Å². The van der Waals surface area contributed by atoms with Crippen molar-refractivity contribution in [2.75, 3.05) is 11.1 Å². The van der Waals surface area contributed by atoms with Gasteiger partial charge in [0.05, 0.1) is 6.42 Å². The molecule has 4 heteroatoms. The molecule has 0 aliphatic rings. The molecule has 2 rings (SSSR count). The molecule has 0 aliphatic heterocycles. The molecule has 0 bridgehead atoms. The first-order chi connectivity index (χ1) is 8.63. The van der Waals surface area contributed by atoms with E-state index in [1.165, 1.54) is 0 Å². The Morgan fingerprint density at radius 3 is 2.67 bits per heavy atom. The number of carbonyl (C=O) groups excluding carboxylic acids is 1. The van der Waals surface area contributed by atoms with Gasteiger partial charge in [-0.1, -0.05) is 18.2 Å². The van der Waals surface area contributed by atoms with Gasteiger partial charge in [0, 0.05) is 11.4 Å². The van der Waals surface area contributed by atoms with Gasteiger partial charge in [-0.3, -0.25) is 4.79 Å². The zero-order valence-electron chi connectivity index (χ0n) is 9.76. The molecule has 0 radical (unpaired) electrons. The van der Waals surface area contributed by atoms with Crippen LogP contribution in [-0.4, -0.2) is 11.0 Å². The molecular formula is C14H14N2O2. The van der Waals surface area contributed by atoms with Crippen LogP contribution in [0.1, 0.15) is 5.56 Å². The topological polar surface area (TPSA) is 75.3 Å². The number of nitrogens with two attached hydrogens (primary N) is 1. The van der Waals surface area contributed by atoms with Crippen molar-refractivity contribution in [3.8, 4) is 5.75 Å². The fourth-order valence-corrected chi connectivity index (χ4v) is 1.67. The first-order valence-electron chi connectivity index (χ1n) is 5.57. The van der Waals surface area contributed by atoms with Crippen LogP contribution in [0.4, 0.5) is 11.4 Å². The average molecular weight is 242 g/mol. The van der Waals surface area contributed by atoms with Crippen molar-refractivity contribution >= 4 is 17.3 Å². The van der Waals surface area contributed by atoms with E-state index >= 15 is 0 Å². The van der Waals surface area contributed by atoms with Gasteiger partial charge in [0.2, 0.25) is 5.91 Å². The van der Waals surface area contributed by atoms with E-state index in [1.807, 2.05) is 0 Å². The molecule has 2 aromatic rings. The molecule has 0 saturated carbocycles. The summed E-state index contributed by atoms with van der Waals surface area (Å²) >= 11 is 0. The van der Waals surface area contributed by atoms with E-state index in [0.717, 1.165) is 5.56 Å². The SMILES string of the molecule is Nc1cccc(NC(=O)Cc2cccc(O)c2)c1. The normalized spacial score (nSPS) is 10.0. The highest BCUT2D eigenvalue weighted by molar-refractivity contribution is 5.92. The molecule has 1 amide bonds. The van der Waals surface area contributed by atoms with Crippen molar-refractivity contribution in [2.45, 2.75) is 6.42 Å². The maximum Gasteiger partial charge on any atom is 0.228 e. The third kappa shape index (κ3) is 3.25. The molecule has 18 heavy (non-hydrogen) atoms. The van der Waals surface area contributed by atoms with Gasteiger partial charge in [-0.15, -0.1) is 0 Å². The maximum absolute atomic E-state index is 11.8. The van der Waals surface area contributed by atoms with Crippen molar-refractivity contribution < 1.29 is 9.90 Å². The van der Waals surface area contributed by atoms with E-state index in [2.05, 4.69) is 5.32 Å². The summed E-state index contributed by atoms with van der Waals surface area (Å²) in [6.45, 7) is 0. The molecule has 0 aromatic heterocycles. The minimum absolute atomic E-state index is 0.147. The lowest BCUT2D eigenvalue weighted by atomic mass is 10.1. The Morgan fingerprint density at radius 2 is 1.94 bits per heavy atom. The van der Waals surface area contributed by atoms with Gasteiger partial charge >= 0.3 is 0 Å². The number of anilines is 2. The van der Waals surface area contributed by atoms with Crippen LogP contribution in [0.15, 0.2) is 48.5 Å². The Bertz CT molecular complexity index is 518. The molecule has 4 N–H and O–H groups in total. The largest absolute Gasteiger partial charge is 0.508 e. The fraction of sp³-hybridized carbons (Fsp3) is 0.0714. The Morgan fingerprint density at radius 1 is 1.17 bits per heavy atom. The summed E-state index contributed by atoms with van der Waals surface area (Å²) in [5, 5.41) is 12.1. The molecule has 0 saturated heterocycles. The van der Waals surface area contributed by atoms with Crippen LogP contribution >= 0.6 is 0 Å². The van der Waals surface area contributed by atoms with Crippen molar-refractivity contribution in [2.24, 2.45) is 0 Å². The zero-order valence-corrected chi connectivity index (χ0v) is 9.76. The molecule has 92 valence electrons. The van der Waals surface area contributed by atoms with Crippen LogP contribution < -0.4 is 11.1 Å². The van der Waals surface area contributed by atoms with E-state index in [1.54, 1.807) is 48.5 Å². The zero-order chi connectivity index (χ0) is 13.0. The molecule has 0 atom stereocenters. The summed E-state index contributed by atoms with van der Waals surface area (Å²) in [6, 6.07) is 13.6. The standard InChI is InChI=1S/C14H14N2O2/c15-11-4-2-5-12(9-11)16-14(18)8-10-3-1-6-13(17)7-10/h1-7,9,17H,8,15H2,(H,16,18). The second-order valence-electron chi connectivity index (χ2n) is 4.02. The lowest BCUT2D eigenvalue weighted by molar-refractivity contribution is -0.115. The second kappa shape index (κ2) is 5.23. The number of benzene rings is 2. The third-order valence-corrected chi connectivity index (χ3v) is 2.45. The molecule has 0 spiro atoms. The number of hydrogen-bond donors (Lipinski definition) is 3. The van der Waals surface area contributed by atoms with E-state index in [4.69, 9.17) is 5.73 Å². The van der Waals surface area contributed by atoms with Gasteiger partial charge < -0.3 is 16.2 Å². The lowest BCUT2D eigenvalue weighted by Gasteiger charge is -2.06. The van der Waals surface area contributed by atoms with Gasteiger partial charge in [0.25, 0.3) is 0 Å². The van der Waals surface area contributed by atoms with Crippen LogP contribution in [0.3, 0.4) is 0 Å². The quantitative estimate of drug-likeness (QED) is 0.722. The maximum atomic E-state index is 11.8. The van der Waals surface area contributed by atoms with Crippen molar-refractivity contribution in [1.29, 1.82) is 0 Å². The van der Waals surface area contributed by atoms with Gasteiger partial charge in [-0.25, -0.2) is 0 Å². The van der Waals surface area contributed by atoms with Gasteiger partial charge in [0.1, 0.15) is 5.75 Å². The van der Waals surface area contributed by atoms with Gasteiger partial charge in [-0.2, -0.15) is 0 Å². The Balaban J connectivity index is 2.01. The predicted octanol–water partition coefficient (Wildman–Crippen LogP) is 2.16. The van der Waals surface area contributed by atoms with E-state index in [0.29, 0.717) is 11.4 Å². The number of nitrogen functional groups attached to an aromatic ring is 1. The molecular weight excluding hydrogens is 228 g/mol.